The topological polar surface area (TPSA) is 76.1 Å². The Kier molecular flexibility index (Phi) is 6.32. The minimum absolute atomic E-state index is 0.133. The minimum atomic E-state index is -0.133. The summed E-state index contributed by atoms with van der Waals surface area (Å²) in [6.07, 6.45) is 5.94. The van der Waals surface area contributed by atoms with Crippen molar-refractivity contribution in [3.8, 4) is 0 Å². The molecule has 0 saturated carbocycles. The van der Waals surface area contributed by atoms with Crippen LogP contribution in [0, 0.1) is 0 Å². The van der Waals surface area contributed by atoms with E-state index in [-0.39, 0.29) is 5.91 Å². The number of amides is 1. The largest absolute Gasteiger partial charge is 0.385 e. The summed E-state index contributed by atoms with van der Waals surface area (Å²) in [6.45, 7) is 1.89. The third-order valence-corrected chi connectivity index (χ3v) is 3.03. The van der Waals surface area contributed by atoms with Crippen LogP contribution in [-0.4, -0.2) is 36.1 Å². The van der Waals surface area contributed by atoms with E-state index in [0.717, 1.165) is 18.5 Å². The third-order valence-electron chi connectivity index (χ3n) is 3.03. The number of carbonyl (C=O) groups is 1. The maximum absolute atomic E-state index is 12.1. The average Bonchev–Trinajstić information content (AvgIpc) is 2.58. The van der Waals surface area contributed by atoms with E-state index in [1.165, 1.54) is 0 Å². The Morgan fingerprint density at radius 1 is 1.32 bits per heavy atom. The van der Waals surface area contributed by atoms with Gasteiger partial charge in [-0.05, 0) is 30.2 Å². The number of nitrogens with zero attached hydrogens (tertiary/aromatic N) is 2. The fourth-order valence-corrected chi connectivity index (χ4v) is 1.89. The molecule has 1 amide bonds. The van der Waals surface area contributed by atoms with Crippen molar-refractivity contribution >= 4 is 11.7 Å². The number of rotatable bonds is 8. The molecular formula is C16H20N4O2. The Morgan fingerprint density at radius 3 is 3.00 bits per heavy atom. The molecule has 0 aromatic carbocycles. The molecule has 22 heavy (non-hydrogen) atoms. The standard InChI is InChI=1S/C16H20N4O2/c1-22-9-3-7-18-15-10-14(5-8-19-15)16(21)20-12-13-4-2-6-17-11-13/h2,4-6,8,10-11H,3,7,9,12H2,1H3,(H,18,19)(H,20,21). The maximum atomic E-state index is 12.1. The van der Waals surface area contributed by atoms with Crippen LogP contribution in [0.2, 0.25) is 0 Å². The van der Waals surface area contributed by atoms with E-state index >= 15 is 0 Å². The lowest BCUT2D eigenvalue weighted by Crippen LogP contribution is -2.23. The van der Waals surface area contributed by atoms with E-state index in [4.69, 9.17) is 4.74 Å². The summed E-state index contributed by atoms with van der Waals surface area (Å²) in [5.41, 5.74) is 1.54. The lowest BCUT2D eigenvalue weighted by molar-refractivity contribution is 0.0951. The summed E-state index contributed by atoms with van der Waals surface area (Å²) in [7, 11) is 1.67. The van der Waals surface area contributed by atoms with Gasteiger partial charge < -0.3 is 15.4 Å². The average molecular weight is 300 g/mol. The maximum Gasteiger partial charge on any atom is 0.251 e. The first kappa shape index (κ1) is 15.9. The normalized spacial score (nSPS) is 10.2. The van der Waals surface area contributed by atoms with Gasteiger partial charge in [-0.3, -0.25) is 9.78 Å². The highest BCUT2D eigenvalue weighted by Crippen LogP contribution is 2.07. The Morgan fingerprint density at radius 2 is 2.23 bits per heavy atom. The molecular weight excluding hydrogens is 280 g/mol. The second-order valence-electron chi connectivity index (χ2n) is 4.75. The van der Waals surface area contributed by atoms with Crippen LogP contribution in [0.5, 0.6) is 0 Å². The first-order valence-electron chi connectivity index (χ1n) is 7.15. The predicted octanol–water partition coefficient (Wildman–Crippen LogP) is 1.85. The van der Waals surface area contributed by atoms with Gasteiger partial charge in [-0.25, -0.2) is 4.98 Å². The van der Waals surface area contributed by atoms with Crippen LogP contribution < -0.4 is 10.6 Å². The van der Waals surface area contributed by atoms with Gasteiger partial charge in [0, 0.05) is 51.0 Å². The van der Waals surface area contributed by atoms with Crippen molar-refractivity contribution in [2.24, 2.45) is 0 Å². The van der Waals surface area contributed by atoms with Crippen molar-refractivity contribution in [2.75, 3.05) is 25.6 Å². The SMILES string of the molecule is COCCCNc1cc(C(=O)NCc2cccnc2)ccn1. The molecule has 2 rings (SSSR count). The lowest BCUT2D eigenvalue weighted by Gasteiger charge is -2.08. The molecule has 0 bridgehead atoms. The zero-order valence-electron chi connectivity index (χ0n) is 12.6. The molecule has 0 aliphatic rings. The van der Waals surface area contributed by atoms with E-state index in [1.54, 1.807) is 37.8 Å². The van der Waals surface area contributed by atoms with Crippen molar-refractivity contribution in [3.05, 3.63) is 54.0 Å². The molecule has 0 aliphatic carbocycles. The molecule has 2 heterocycles. The molecule has 0 spiro atoms. The number of carbonyl (C=O) groups excluding carboxylic acids is 1. The van der Waals surface area contributed by atoms with Gasteiger partial charge in [-0.2, -0.15) is 0 Å². The molecule has 0 fully saturated rings. The summed E-state index contributed by atoms with van der Waals surface area (Å²) in [5, 5.41) is 6.03. The van der Waals surface area contributed by atoms with Crippen LogP contribution in [0.3, 0.4) is 0 Å². The van der Waals surface area contributed by atoms with E-state index in [1.807, 2.05) is 12.1 Å². The second kappa shape index (κ2) is 8.74. The molecule has 2 N–H and O–H groups in total. The number of ether oxygens (including phenoxy) is 1. The summed E-state index contributed by atoms with van der Waals surface area (Å²) in [4.78, 5) is 20.4. The molecule has 0 atom stereocenters. The Labute approximate surface area is 129 Å². The molecule has 0 unspecified atom stereocenters. The zero-order chi connectivity index (χ0) is 15.6. The van der Waals surface area contributed by atoms with Gasteiger partial charge >= 0.3 is 0 Å². The molecule has 6 heteroatoms. The third kappa shape index (κ3) is 5.14. The monoisotopic (exact) mass is 300 g/mol. The first-order chi connectivity index (χ1) is 10.8. The lowest BCUT2D eigenvalue weighted by atomic mass is 10.2. The molecule has 0 radical (unpaired) electrons. The molecule has 0 saturated heterocycles. The second-order valence-corrected chi connectivity index (χ2v) is 4.75. The van der Waals surface area contributed by atoms with Gasteiger partial charge in [0.25, 0.3) is 5.91 Å². The number of hydrogen-bond acceptors (Lipinski definition) is 5. The number of anilines is 1. The fraction of sp³-hybridized carbons (Fsp3) is 0.312. The zero-order valence-corrected chi connectivity index (χ0v) is 12.6. The highest BCUT2D eigenvalue weighted by molar-refractivity contribution is 5.94. The van der Waals surface area contributed by atoms with Crippen molar-refractivity contribution in [3.63, 3.8) is 0 Å². The number of pyridine rings is 2. The Hall–Kier alpha value is -2.47. The highest BCUT2D eigenvalue weighted by Gasteiger charge is 2.06. The van der Waals surface area contributed by atoms with Gasteiger partial charge in [0.1, 0.15) is 5.82 Å². The summed E-state index contributed by atoms with van der Waals surface area (Å²) >= 11 is 0. The Balaban J connectivity index is 1.86. The fourth-order valence-electron chi connectivity index (χ4n) is 1.89. The molecule has 6 nitrogen and oxygen atoms in total. The smallest absolute Gasteiger partial charge is 0.251 e. The van der Waals surface area contributed by atoms with E-state index in [2.05, 4.69) is 20.6 Å². The van der Waals surface area contributed by atoms with Crippen LogP contribution in [0.1, 0.15) is 22.3 Å². The number of aromatic nitrogens is 2. The number of nitrogens with one attached hydrogen (secondary N) is 2. The molecule has 116 valence electrons. The van der Waals surface area contributed by atoms with E-state index in [9.17, 15) is 4.79 Å². The Bertz CT molecular complexity index is 590. The van der Waals surface area contributed by atoms with E-state index in [0.29, 0.717) is 24.5 Å². The first-order valence-corrected chi connectivity index (χ1v) is 7.15. The van der Waals surface area contributed by atoms with Crippen LogP contribution in [0.4, 0.5) is 5.82 Å². The summed E-state index contributed by atoms with van der Waals surface area (Å²) < 4.78 is 4.99. The van der Waals surface area contributed by atoms with Crippen LogP contribution >= 0.6 is 0 Å². The molecule has 0 aliphatic heterocycles. The van der Waals surface area contributed by atoms with Crippen LogP contribution in [0.25, 0.3) is 0 Å². The quantitative estimate of drug-likeness (QED) is 0.728. The minimum Gasteiger partial charge on any atom is -0.385 e. The van der Waals surface area contributed by atoms with Crippen LogP contribution in [0.15, 0.2) is 42.9 Å². The van der Waals surface area contributed by atoms with Crippen molar-refractivity contribution in [1.29, 1.82) is 0 Å². The van der Waals surface area contributed by atoms with Gasteiger partial charge in [-0.1, -0.05) is 6.07 Å². The molecule has 2 aromatic heterocycles. The van der Waals surface area contributed by atoms with Gasteiger partial charge in [0.15, 0.2) is 0 Å². The van der Waals surface area contributed by atoms with Gasteiger partial charge in [-0.15, -0.1) is 0 Å². The molecule has 2 aromatic rings. The van der Waals surface area contributed by atoms with Crippen LogP contribution in [-0.2, 0) is 11.3 Å². The summed E-state index contributed by atoms with van der Waals surface area (Å²) in [6, 6.07) is 7.20. The van der Waals surface area contributed by atoms with Gasteiger partial charge in [0.05, 0.1) is 0 Å². The van der Waals surface area contributed by atoms with Crippen molar-refractivity contribution in [2.45, 2.75) is 13.0 Å². The van der Waals surface area contributed by atoms with E-state index < -0.39 is 0 Å². The number of methoxy groups -OCH3 is 1. The van der Waals surface area contributed by atoms with Gasteiger partial charge in [0.2, 0.25) is 0 Å². The van der Waals surface area contributed by atoms with Crippen molar-refractivity contribution < 1.29 is 9.53 Å². The highest BCUT2D eigenvalue weighted by atomic mass is 16.5. The summed E-state index contributed by atoms with van der Waals surface area (Å²) in [5.74, 6) is 0.552. The van der Waals surface area contributed by atoms with Crippen molar-refractivity contribution in [1.82, 2.24) is 15.3 Å². The number of hydrogen-bond donors (Lipinski definition) is 2. The predicted molar refractivity (Wildman–Crippen MR) is 84.6 cm³/mol.